The van der Waals surface area contributed by atoms with Crippen LogP contribution in [0.1, 0.15) is 5.56 Å². The minimum Gasteiger partial charge on any atom is -0.271 e. The Morgan fingerprint density at radius 1 is 1.40 bits per heavy atom. The molecule has 1 rings (SSSR count). The average Bonchev–Trinajstić information content (AvgIpc) is 2.15. The molecule has 0 bridgehead atoms. The van der Waals surface area contributed by atoms with Gasteiger partial charge in [0.15, 0.2) is 0 Å². The number of terminal acetylenes is 1. The summed E-state index contributed by atoms with van der Waals surface area (Å²) < 4.78 is 36.9. The maximum atomic E-state index is 12.3. The molecule has 1 nitrogen and oxygen atoms in total. The SMILES string of the molecule is C#CC[N]c1cc(C(F)(F)F)ccc1Cl. The van der Waals surface area contributed by atoms with Gasteiger partial charge in [0.2, 0.25) is 0 Å². The topological polar surface area (TPSA) is 14.1 Å². The maximum Gasteiger partial charge on any atom is 0.416 e. The first-order chi connectivity index (χ1) is 6.95. The van der Waals surface area contributed by atoms with Crippen LogP contribution in [-0.4, -0.2) is 6.54 Å². The van der Waals surface area contributed by atoms with Crippen molar-refractivity contribution in [3.8, 4) is 12.3 Å². The van der Waals surface area contributed by atoms with Crippen LogP contribution < -0.4 is 5.32 Å². The van der Waals surface area contributed by atoms with Gasteiger partial charge in [-0.3, -0.25) is 5.32 Å². The summed E-state index contributed by atoms with van der Waals surface area (Å²) in [6.45, 7) is 0.00102. The summed E-state index contributed by atoms with van der Waals surface area (Å²) in [5.41, 5.74) is -0.730. The summed E-state index contributed by atoms with van der Waals surface area (Å²) in [4.78, 5) is 0. The van der Waals surface area contributed by atoms with E-state index in [4.69, 9.17) is 18.0 Å². The van der Waals surface area contributed by atoms with Gasteiger partial charge in [-0.05, 0) is 18.2 Å². The standard InChI is InChI=1S/C10H6ClF3N/c1-2-5-15-9-6-7(10(12,13)14)3-4-8(9)11/h1,3-4,6H,5H2. The predicted octanol–water partition coefficient (Wildman–Crippen LogP) is 3.23. The highest BCUT2D eigenvalue weighted by Gasteiger charge is 2.30. The zero-order chi connectivity index (χ0) is 11.5. The number of hydrogen-bond acceptors (Lipinski definition) is 0. The van der Waals surface area contributed by atoms with Crippen LogP contribution in [0.4, 0.5) is 18.9 Å². The molecule has 0 aromatic heterocycles. The maximum absolute atomic E-state index is 12.3. The van der Waals surface area contributed by atoms with Gasteiger partial charge < -0.3 is 0 Å². The van der Waals surface area contributed by atoms with Gasteiger partial charge in [-0.15, -0.1) is 6.42 Å². The number of nitrogens with zero attached hydrogens (tertiary/aromatic N) is 1. The fourth-order valence-corrected chi connectivity index (χ4v) is 1.12. The molecule has 0 aliphatic heterocycles. The second-order valence-corrected chi connectivity index (χ2v) is 3.09. The van der Waals surface area contributed by atoms with Crippen molar-refractivity contribution in [3.63, 3.8) is 0 Å². The van der Waals surface area contributed by atoms with Crippen LogP contribution in [0.15, 0.2) is 18.2 Å². The van der Waals surface area contributed by atoms with Crippen molar-refractivity contribution in [2.24, 2.45) is 0 Å². The molecule has 15 heavy (non-hydrogen) atoms. The van der Waals surface area contributed by atoms with Crippen molar-refractivity contribution in [2.45, 2.75) is 6.18 Å². The Morgan fingerprint density at radius 3 is 2.60 bits per heavy atom. The Hall–Kier alpha value is -1.34. The summed E-state index contributed by atoms with van der Waals surface area (Å²) in [6.07, 6.45) is 0.543. The smallest absolute Gasteiger partial charge is 0.271 e. The molecule has 0 N–H and O–H groups in total. The third kappa shape index (κ3) is 3.07. The van der Waals surface area contributed by atoms with E-state index in [1.165, 1.54) is 0 Å². The van der Waals surface area contributed by atoms with E-state index >= 15 is 0 Å². The molecule has 0 saturated heterocycles. The van der Waals surface area contributed by atoms with Crippen molar-refractivity contribution in [2.75, 3.05) is 6.54 Å². The third-order valence-corrected chi connectivity index (χ3v) is 1.93. The van der Waals surface area contributed by atoms with Crippen molar-refractivity contribution in [1.29, 1.82) is 0 Å². The fraction of sp³-hybridized carbons (Fsp3) is 0.200. The molecule has 5 heteroatoms. The highest BCUT2D eigenvalue weighted by molar-refractivity contribution is 6.32. The van der Waals surface area contributed by atoms with Crippen LogP contribution in [0.3, 0.4) is 0 Å². The van der Waals surface area contributed by atoms with Crippen LogP contribution in [0.5, 0.6) is 0 Å². The van der Waals surface area contributed by atoms with Crippen molar-refractivity contribution in [1.82, 2.24) is 5.32 Å². The van der Waals surface area contributed by atoms with Gasteiger partial charge in [-0.2, -0.15) is 13.2 Å². The Kier molecular flexibility index (Phi) is 3.48. The van der Waals surface area contributed by atoms with Gasteiger partial charge in [-0.1, -0.05) is 17.5 Å². The van der Waals surface area contributed by atoms with Crippen LogP contribution in [-0.2, 0) is 6.18 Å². The Labute approximate surface area is 90.2 Å². The number of alkyl halides is 3. The Morgan fingerprint density at radius 2 is 2.07 bits per heavy atom. The number of rotatable bonds is 2. The van der Waals surface area contributed by atoms with E-state index in [0.717, 1.165) is 18.2 Å². The van der Waals surface area contributed by atoms with Crippen LogP contribution >= 0.6 is 11.6 Å². The highest BCUT2D eigenvalue weighted by atomic mass is 35.5. The van der Waals surface area contributed by atoms with Crippen LogP contribution in [0, 0.1) is 12.3 Å². The lowest BCUT2D eigenvalue weighted by molar-refractivity contribution is -0.137. The second kappa shape index (κ2) is 4.45. The monoisotopic (exact) mass is 232 g/mol. The van der Waals surface area contributed by atoms with E-state index in [0.29, 0.717) is 0 Å². The molecule has 0 aliphatic rings. The van der Waals surface area contributed by atoms with E-state index in [2.05, 4.69) is 11.2 Å². The molecule has 1 aromatic rings. The van der Waals surface area contributed by atoms with E-state index in [9.17, 15) is 13.2 Å². The first-order valence-electron chi connectivity index (χ1n) is 3.93. The first kappa shape index (κ1) is 11.7. The third-order valence-electron chi connectivity index (χ3n) is 1.61. The lowest BCUT2D eigenvalue weighted by Crippen LogP contribution is -2.06. The second-order valence-electron chi connectivity index (χ2n) is 2.68. The van der Waals surface area contributed by atoms with Gasteiger partial charge in [-0.25, -0.2) is 0 Å². The van der Waals surface area contributed by atoms with Crippen LogP contribution in [0.25, 0.3) is 0 Å². The molecule has 1 radical (unpaired) electrons. The van der Waals surface area contributed by atoms with Gasteiger partial charge in [0, 0.05) is 0 Å². The summed E-state index contributed by atoms with van der Waals surface area (Å²) in [7, 11) is 0. The molecular formula is C10H6ClF3N. The van der Waals surface area contributed by atoms with Crippen molar-refractivity contribution in [3.05, 3.63) is 28.8 Å². The number of hydrogen-bond donors (Lipinski definition) is 0. The van der Waals surface area contributed by atoms with Crippen molar-refractivity contribution >= 4 is 17.3 Å². The van der Waals surface area contributed by atoms with Crippen molar-refractivity contribution < 1.29 is 13.2 Å². The van der Waals surface area contributed by atoms with Gasteiger partial charge in [0.25, 0.3) is 0 Å². The van der Waals surface area contributed by atoms with Gasteiger partial charge in [0.05, 0.1) is 16.3 Å². The molecule has 0 saturated carbocycles. The molecule has 0 aliphatic carbocycles. The largest absolute Gasteiger partial charge is 0.416 e. The molecule has 79 valence electrons. The van der Waals surface area contributed by atoms with E-state index in [1.54, 1.807) is 0 Å². The normalized spacial score (nSPS) is 10.9. The minimum atomic E-state index is -4.40. The molecule has 0 spiro atoms. The quantitative estimate of drug-likeness (QED) is 0.695. The van der Waals surface area contributed by atoms with Crippen LogP contribution in [0.2, 0.25) is 5.02 Å². The van der Waals surface area contributed by atoms with E-state index < -0.39 is 11.7 Å². The Bertz CT molecular complexity index is 393. The Balaban J connectivity index is 3.01. The fourth-order valence-electron chi connectivity index (χ4n) is 0.941. The highest BCUT2D eigenvalue weighted by Crippen LogP contribution is 2.33. The minimum absolute atomic E-state index is 0.00102. The number of benzene rings is 1. The molecule has 1 aromatic carbocycles. The zero-order valence-corrected chi connectivity index (χ0v) is 8.23. The van der Waals surface area contributed by atoms with E-state index in [1.807, 2.05) is 0 Å². The summed E-state index contributed by atoms with van der Waals surface area (Å²) in [6, 6.07) is 2.93. The molecule has 0 fully saturated rings. The molecule has 0 atom stereocenters. The summed E-state index contributed by atoms with van der Waals surface area (Å²) in [5, 5.41) is 3.88. The lowest BCUT2D eigenvalue weighted by atomic mass is 10.2. The average molecular weight is 233 g/mol. The van der Waals surface area contributed by atoms with Gasteiger partial charge in [0.1, 0.15) is 6.54 Å². The van der Waals surface area contributed by atoms with E-state index in [-0.39, 0.29) is 17.3 Å². The zero-order valence-electron chi connectivity index (χ0n) is 7.48. The molecule has 0 unspecified atom stereocenters. The molecule has 0 amide bonds. The molecule has 0 heterocycles. The summed E-state index contributed by atoms with van der Waals surface area (Å²) >= 11 is 5.65. The lowest BCUT2D eigenvalue weighted by Gasteiger charge is -2.09. The van der Waals surface area contributed by atoms with Gasteiger partial charge >= 0.3 is 6.18 Å². The first-order valence-corrected chi connectivity index (χ1v) is 4.30. The molecular weight excluding hydrogens is 227 g/mol. The predicted molar refractivity (Wildman–Crippen MR) is 51.9 cm³/mol. The number of halogens is 4. The summed E-state index contributed by atoms with van der Waals surface area (Å²) in [5.74, 6) is 2.20.